The second kappa shape index (κ2) is 7.89. The number of rotatable bonds is 3. The molecular formula is C13H20F3NO3SSi. The molecule has 0 amide bonds. The molecule has 9 heteroatoms. The summed E-state index contributed by atoms with van der Waals surface area (Å²) in [6.45, 7) is 7.17. The highest BCUT2D eigenvalue weighted by molar-refractivity contribution is 7.86. The lowest BCUT2D eigenvalue weighted by Gasteiger charge is -2.11. The van der Waals surface area contributed by atoms with Crippen LogP contribution in [0.1, 0.15) is 5.56 Å². The summed E-state index contributed by atoms with van der Waals surface area (Å²) in [6, 6.07) is 10.5. The zero-order chi connectivity index (χ0) is 17.6. The van der Waals surface area contributed by atoms with E-state index in [0.717, 1.165) is 0 Å². The average Bonchev–Trinajstić information content (AvgIpc) is 2.25. The van der Waals surface area contributed by atoms with Crippen LogP contribution in [0.25, 0.3) is 0 Å². The summed E-state index contributed by atoms with van der Waals surface area (Å²) in [6.07, 6.45) is 3.43. The highest BCUT2D eigenvalue weighted by Crippen LogP contribution is 2.20. The summed E-state index contributed by atoms with van der Waals surface area (Å²) < 4.78 is 61.2. The molecule has 0 saturated heterocycles. The summed E-state index contributed by atoms with van der Waals surface area (Å²) in [5.74, 6) is 0. The van der Waals surface area contributed by atoms with Gasteiger partial charge >= 0.3 is 5.51 Å². The number of halogens is 3. The van der Waals surface area contributed by atoms with E-state index in [-0.39, 0.29) is 0 Å². The monoisotopic (exact) mass is 355 g/mol. The Hall–Kier alpha value is -1.19. The maximum atomic E-state index is 10.7. The summed E-state index contributed by atoms with van der Waals surface area (Å²) in [7, 11) is -4.91. The molecule has 0 aliphatic heterocycles. The van der Waals surface area contributed by atoms with Crippen molar-refractivity contribution in [1.29, 1.82) is 0 Å². The predicted molar refractivity (Wildman–Crippen MR) is 81.8 cm³/mol. The van der Waals surface area contributed by atoms with Crippen LogP contribution in [0.4, 0.5) is 13.2 Å². The molecule has 0 unspecified atom stereocenters. The highest BCUT2D eigenvalue weighted by atomic mass is 32.2. The van der Waals surface area contributed by atoms with Crippen LogP contribution in [0.2, 0.25) is 19.6 Å². The number of alkyl halides is 3. The van der Waals surface area contributed by atoms with Gasteiger partial charge in [-0.05, 0) is 12.1 Å². The number of benzene rings is 1. The quantitative estimate of drug-likeness (QED) is 0.275. The van der Waals surface area contributed by atoms with Gasteiger partial charge in [0, 0.05) is 5.56 Å². The second-order valence-electron chi connectivity index (χ2n) is 5.92. The minimum absolute atomic E-state index is 0.979. The fourth-order valence-electron chi connectivity index (χ4n) is 1.59. The maximum absolute atomic E-state index is 10.7. The summed E-state index contributed by atoms with van der Waals surface area (Å²) >= 11 is 0. The molecule has 1 aromatic carbocycles. The molecule has 126 valence electrons. The minimum Gasteiger partial charge on any atom is -0.741 e. The van der Waals surface area contributed by atoms with Crippen LogP contribution in [0, 0.1) is 0 Å². The molecule has 0 fully saturated rings. The van der Waals surface area contributed by atoms with E-state index in [1.165, 1.54) is 11.7 Å². The molecule has 22 heavy (non-hydrogen) atoms. The number of hydrogen-bond donors (Lipinski definition) is 0. The van der Waals surface area contributed by atoms with Crippen LogP contribution in [0.5, 0.6) is 0 Å². The molecule has 0 atom stereocenters. The third-order valence-corrected chi connectivity index (χ3v) is 4.19. The molecule has 0 spiro atoms. The third-order valence-electron chi connectivity index (χ3n) is 2.18. The molecule has 0 N–H and O–H groups in total. The molecule has 0 aliphatic rings. The Kier molecular flexibility index (Phi) is 7.46. The molecule has 0 heterocycles. The van der Waals surface area contributed by atoms with Crippen molar-refractivity contribution in [2.45, 2.75) is 25.1 Å². The Morgan fingerprint density at radius 2 is 1.59 bits per heavy atom. The van der Waals surface area contributed by atoms with E-state index >= 15 is 0 Å². The van der Waals surface area contributed by atoms with Gasteiger partial charge in [0.25, 0.3) is 0 Å². The Morgan fingerprint density at radius 3 is 1.91 bits per heavy atom. The molecule has 4 nitrogen and oxygen atoms in total. The smallest absolute Gasteiger partial charge is 0.485 e. The van der Waals surface area contributed by atoms with Crippen LogP contribution >= 0.6 is 0 Å². The number of hydrogen-bond acceptors (Lipinski definition) is 3. The molecule has 1 aromatic rings. The van der Waals surface area contributed by atoms with Crippen LogP contribution in [-0.4, -0.2) is 50.6 Å². The second-order valence-corrected chi connectivity index (χ2v) is 12.7. The molecule has 0 radical (unpaired) electrons. The molecule has 0 aromatic heterocycles. The molecular weight excluding hydrogens is 335 g/mol. The molecule has 0 saturated carbocycles. The Labute approximate surface area is 130 Å². The van der Waals surface area contributed by atoms with Crippen molar-refractivity contribution in [3.8, 4) is 0 Å². The SMILES string of the molecule is C/[N+](=C\c1ccccc1)C[Si](C)(C)C.O=S(=O)([O-])C(F)(F)F. The van der Waals surface area contributed by atoms with Gasteiger partial charge in [0.05, 0.1) is 0 Å². The van der Waals surface area contributed by atoms with E-state index in [4.69, 9.17) is 13.0 Å². The Balaban J connectivity index is 0.000000472. The first-order valence-electron chi connectivity index (χ1n) is 6.35. The van der Waals surface area contributed by atoms with Gasteiger partial charge in [-0.25, -0.2) is 13.0 Å². The van der Waals surface area contributed by atoms with Crippen molar-refractivity contribution >= 4 is 24.4 Å². The van der Waals surface area contributed by atoms with Gasteiger partial charge in [-0.1, -0.05) is 37.8 Å². The fraction of sp³-hybridized carbons (Fsp3) is 0.462. The topological polar surface area (TPSA) is 60.2 Å². The summed E-state index contributed by atoms with van der Waals surface area (Å²) in [5.41, 5.74) is -4.36. The van der Waals surface area contributed by atoms with Crippen LogP contribution in [0.3, 0.4) is 0 Å². The zero-order valence-corrected chi connectivity index (χ0v) is 14.7. The van der Waals surface area contributed by atoms with Gasteiger partial charge in [0.1, 0.15) is 21.3 Å². The lowest BCUT2D eigenvalue weighted by Crippen LogP contribution is -2.33. The van der Waals surface area contributed by atoms with Gasteiger partial charge < -0.3 is 4.55 Å². The first-order valence-corrected chi connectivity index (χ1v) is 11.5. The largest absolute Gasteiger partial charge is 0.741 e. The van der Waals surface area contributed by atoms with E-state index < -0.39 is 23.7 Å². The third kappa shape index (κ3) is 9.69. The maximum Gasteiger partial charge on any atom is 0.485 e. The van der Waals surface area contributed by atoms with Gasteiger partial charge in [0.2, 0.25) is 0 Å². The van der Waals surface area contributed by atoms with E-state index in [0.29, 0.717) is 0 Å². The Morgan fingerprint density at radius 1 is 1.18 bits per heavy atom. The van der Waals surface area contributed by atoms with Gasteiger partial charge in [-0.3, -0.25) is 0 Å². The van der Waals surface area contributed by atoms with Crippen LogP contribution < -0.4 is 0 Å². The first-order chi connectivity index (χ1) is 9.72. The van der Waals surface area contributed by atoms with Crippen molar-refractivity contribution < 1.29 is 30.7 Å². The van der Waals surface area contributed by atoms with Crippen molar-refractivity contribution in [2.24, 2.45) is 0 Å². The number of nitrogens with zero attached hydrogens (tertiary/aromatic N) is 1. The van der Waals surface area contributed by atoms with Crippen molar-refractivity contribution in [3.05, 3.63) is 35.9 Å². The molecule has 0 aliphatic carbocycles. The highest BCUT2D eigenvalue weighted by Gasteiger charge is 2.36. The summed E-state index contributed by atoms with van der Waals surface area (Å²) in [4.78, 5) is 0. The van der Waals surface area contributed by atoms with E-state index in [1.54, 1.807) is 0 Å². The van der Waals surface area contributed by atoms with Gasteiger partial charge in [0.15, 0.2) is 16.3 Å². The first kappa shape index (κ1) is 20.8. The van der Waals surface area contributed by atoms with Crippen molar-refractivity contribution in [1.82, 2.24) is 0 Å². The lowest BCUT2D eigenvalue weighted by molar-refractivity contribution is -0.474. The normalized spacial score (nSPS) is 13.4. The fourth-order valence-corrected chi connectivity index (χ4v) is 3.18. The van der Waals surface area contributed by atoms with Crippen LogP contribution in [-0.2, 0) is 10.1 Å². The Bertz CT molecular complexity index is 593. The standard InChI is InChI=1S/C12H20NSi.CHF3O3S/c1-13(11-14(2,3)4)10-12-8-6-5-7-9-12;2-1(3,4)8(5,6)7/h5-10H,11H2,1-4H3;(H,5,6,7)/q+1;/p-1/b13-10+;. The van der Waals surface area contributed by atoms with E-state index in [2.05, 4.69) is 67.8 Å². The average molecular weight is 355 g/mol. The van der Waals surface area contributed by atoms with E-state index in [9.17, 15) is 13.2 Å². The van der Waals surface area contributed by atoms with Gasteiger partial charge in [-0.2, -0.15) is 13.2 Å². The molecule has 0 bridgehead atoms. The predicted octanol–water partition coefficient (Wildman–Crippen LogP) is 2.68. The molecule has 1 rings (SSSR count). The summed E-state index contributed by atoms with van der Waals surface area (Å²) in [5, 5.41) is 0. The van der Waals surface area contributed by atoms with Gasteiger partial charge in [-0.15, -0.1) is 0 Å². The minimum atomic E-state index is -6.09. The lowest BCUT2D eigenvalue weighted by atomic mass is 10.2. The van der Waals surface area contributed by atoms with E-state index in [1.807, 2.05) is 0 Å². The zero-order valence-electron chi connectivity index (χ0n) is 12.9. The van der Waals surface area contributed by atoms with Crippen molar-refractivity contribution in [2.75, 3.05) is 13.2 Å². The van der Waals surface area contributed by atoms with Crippen LogP contribution in [0.15, 0.2) is 30.3 Å². The van der Waals surface area contributed by atoms with Crippen molar-refractivity contribution in [3.63, 3.8) is 0 Å².